The third kappa shape index (κ3) is 2.61. The number of aromatic nitrogens is 1. The first-order valence-corrected chi connectivity index (χ1v) is 6.59. The highest BCUT2D eigenvalue weighted by atomic mass is 35.5. The number of aromatic amines is 1. The minimum Gasteiger partial charge on any atom is -0.493 e. The third-order valence-electron chi connectivity index (χ3n) is 3.04. The second-order valence-electron chi connectivity index (χ2n) is 4.49. The van der Waals surface area contributed by atoms with Crippen LogP contribution in [-0.2, 0) is 0 Å². The molecule has 3 aromatic rings. The molecule has 0 aliphatic carbocycles. The molecule has 2 aromatic carbocycles. The Kier molecular flexibility index (Phi) is 3.48. The number of nitro groups is 1. The second-order valence-corrected chi connectivity index (χ2v) is 4.92. The molecule has 1 aromatic heterocycles. The number of aromatic hydroxyl groups is 1. The maximum Gasteiger partial charge on any atom is 0.270 e. The van der Waals surface area contributed by atoms with E-state index in [1.165, 1.54) is 18.2 Å². The maximum atomic E-state index is 10.8. The molecule has 0 atom stereocenters. The van der Waals surface area contributed by atoms with Crippen LogP contribution in [0.5, 0.6) is 5.88 Å². The number of non-ortho nitro benzene ring substituents is 1. The van der Waals surface area contributed by atoms with Crippen molar-refractivity contribution in [1.29, 1.82) is 0 Å². The lowest BCUT2D eigenvalue weighted by Gasteiger charge is -1.94. The molecule has 1 heterocycles. The van der Waals surface area contributed by atoms with Crippen LogP contribution in [-0.4, -0.2) is 15.0 Å². The van der Waals surface area contributed by atoms with Crippen LogP contribution < -0.4 is 0 Å². The number of hydrogen-bond acceptors (Lipinski definition) is 5. The van der Waals surface area contributed by atoms with E-state index in [9.17, 15) is 15.2 Å². The second kappa shape index (κ2) is 5.45. The van der Waals surface area contributed by atoms with Gasteiger partial charge in [-0.05, 0) is 30.3 Å². The molecule has 8 heteroatoms. The number of nitrogens with zero attached hydrogens (tertiary/aromatic N) is 3. The summed E-state index contributed by atoms with van der Waals surface area (Å²) in [5, 5.41) is 29.7. The van der Waals surface area contributed by atoms with E-state index >= 15 is 0 Å². The number of fused-ring (bicyclic) bond motifs is 1. The quantitative estimate of drug-likeness (QED) is 0.410. The number of benzene rings is 2. The van der Waals surface area contributed by atoms with Gasteiger partial charge >= 0.3 is 0 Å². The van der Waals surface area contributed by atoms with Crippen molar-refractivity contribution >= 4 is 39.6 Å². The van der Waals surface area contributed by atoms with Gasteiger partial charge in [-0.1, -0.05) is 11.6 Å². The van der Waals surface area contributed by atoms with Crippen LogP contribution in [0.1, 0.15) is 0 Å². The van der Waals surface area contributed by atoms with E-state index in [-0.39, 0.29) is 17.3 Å². The lowest BCUT2D eigenvalue weighted by molar-refractivity contribution is -0.384. The Bertz CT molecular complexity index is 887. The van der Waals surface area contributed by atoms with Crippen LogP contribution in [0.4, 0.5) is 17.1 Å². The Morgan fingerprint density at radius 2 is 1.86 bits per heavy atom. The first kappa shape index (κ1) is 14.0. The van der Waals surface area contributed by atoms with Gasteiger partial charge in [-0.3, -0.25) is 10.1 Å². The Morgan fingerprint density at radius 1 is 1.14 bits per heavy atom. The molecule has 0 saturated carbocycles. The number of rotatable bonds is 3. The van der Waals surface area contributed by atoms with Gasteiger partial charge in [-0.15, -0.1) is 5.11 Å². The van der Waals surface area contributed by atoms with E-state index in [4.69, 9.17) is 11.6 Å². The minimum atomic E-state index is -0.510. The monoisotopic (exact) mass is 316 g/mol. The zero-order valence-corrected chi connectivity index (χ0v) is 11.8. The molecule has 0 spiro atoms. The zero-order valence-electron chi connectivity index (χ0n) is 11.0. The van der Waals surface area contributed by atoms with Crippen molar-refractivity contribution in [1.82, 2.24) is 4.98 Å². The van der Waals surface area contributed by atoms with Gasteiger partial charge in [-0.25, -0.2) is 0 Å². The summed E-state index contributed by atoms with van der Waals surface area (Å²) in [7, 11) is 0. The van der Waals surface area contributed by atoms with Crippen molar-refractivity contribution < 1.29 is 10.0 Å². The van der Waals surface area contributed by atoms with Crippen LogP contribution in [0.15, 0.2) is 52.7 Å². The van der Waals surface area contributed by atoms with Gasteiger partial charge in [-0.2, -0.15) is 5.11 Å². The van der Waals surface area contributed by atoms with E-state index in [0.29, 0.717) is 21.6 Å². The highest BCUT2D eigenvalue weighted by Gasteiger charge is 2.14. The summed E-state index contributed by atoms with van der Waals surface area (Å²) in [5.41, 5.74) is 1.14. The highest BCUT2D eigenvalue weighted by Crippen LogP contribution is 2.37. The number of nitro benzene ring substituents is 1. The molecule has 3 rings (SSSR count). The van der Waals surface area contributed by atoms with Crippen molar-refractivity contribution in [3.8, 4) is 5.88 Å². The van der Waals surface area contributed by atoms with Crippen molar-refractivity contribution in [2.24, 2.45) is 10.2 Å². The number of nitrogens with one attached hydrogen (secondary N) is 1. The Morgan fingerprint density at radius 3 is 2.55 bits per heavy atom. The normalized spacial score (nSPS) is 11.3. The topological polar surface area (TPSA) is 104 Å². The fraction of sp³-hybridized carbons (Fsp3) is 0. The van der Waals surface area contributed by atoms with Crippen LogP contribution in [0.3, 0.4) is 0 Å². The van der Waals surface area contributed by atoms with Gasteiger partial charge in [0.25, 0.3) is 5.69 Å². The van der Waals surface area contributed by atoms with Crippen LogP contribution in [0.2, 0.25) is 5.02 Å². The van der Waals surface area contributed by atoms with Gasteiger partial charge in [0, 0.05) is 22.5 Å². The lowest BCUT2D eigenvalue weighted by Crippen LogP contribution is -1.86. The average molecular weight is 317 g/mol. The minimum absolute atomic E-state index is 0.0885. The van der Waals surface area contributed by atoms with Crippen LogP contribution >= 0.6 is 11.6 Å². The van der Waals surface area contributed by atoms with Crippen LogP contribution in [0.25, 0.3) is 10.9 Å². The number of H-pyrrole nitrogens is 1. The summed E-state index contributed by atoms with van der Waals surface area (Å²) in [6, 6.07) is 10.8. The lowest BCUT2D eigenvalue weighted by atomic mass is 10.2. The zero-order chi connectivity index (χ0) is 15.7. The summed E-state index contributed by atoms with van der Waals surface area (Å²) in [6.45, 7) is 0. The predicted octanol–water partition coefficient (Wildman–Crippen LogP) is 4.85. The SMILES string of the molecule is O=[N+]([O-])c1ccc2[nH]c(O)c(N=Nc3ccc(Cl)cc3)c2c1. The van der Waals surface area contributed by atoms with Crippen molar-refractivity contribution in [3.63, 3.8) is 0 Å². The fourth-order valence-corrected chi connectivity index (χ4v) is 2.11. The molecule has 2 N–H and O–H groups in total. The number of azo groups is 1. The smallest absolute Gasteiger partial charge is 0.270 e. The molecule has 110 valence electrons. The van der Waals surface area contributed by atoms with Gasteiger partial charge in [0.05, 0.1) is 16.1 Å². The molecule has 0 fully saturated rings. The third-order valence-corrected chi connectivity index (χ3v) is 3.29. The summed E-state index contributed by atoms with van der Waals surface area (Å²) in [4.78, 5) is 13.0. The largest absolute Gasteiger partial charge is 0.493 e. The summed E-state index contributed by atoms with van der Waals surface area (Å²) in [6.07, 6.45) is 0. The first-order chi connectivity index (χ1) is 10.5. The van der Waals surface area contributed by atoms with Gasteiger partial charge in [0.1, 0.15) is 0 Å². The Hall–Kier alpha value is -2.93. The molecule has 0 radical (unpaired) electrons. The molecular formula is C14H9ClN4O3. The predicted molar refractivity (Wildman–Crippen MR) is 82.2 cm³/mol. The van der Waals surface area contributed by atoms with E-state index in [1.54, 1.807) is 24.3 Å². The van der Waals surface area contributed by atoms with E-state index in [2.05, 4.69) is 15.2 Å². The molecule has 7 nitrogen and oxygen atoms in total. The number of hydrogen-bond donors (Lipinski definition) is 2. The van der Waals surface area contributed by atoms with Crippen molar-refractivity contribution in [3.05, 3.63) is 57.6 Å². The summed E-state index contributed by atoms with van der Waals surface area (Å²) >= 11 is 5.78. The molecular weight excluding hydrogens is 308 g/mol. The summed E-state index contributed by atoms with van der Waals surface area (Å²) in [5.74, 6) is -0.201. The van der Waals surface area contributed by atoms with Crippen molar-refractivity contribution in [2.75, 3.05) is 0 Å². The van der Waals surface area contributed by atoms with E-state index < -0.39 is 4.92 Å². The molecule has 0 aliphatic heterocycles. The molecule has 22 heavy (non-hydrogen) atoms. The maximum absolute atomic E-state index is 10.8. The van der Waals surface area contributed by atoms with E-state index in [1.807, 2.05) is 0 Å². The van der Waals surface area contributed by atoms with E-state index in [0.717, 1.165) is 0 Å². The molecule has 0 aliphatic rings. The standard InChI is InChI=1S/C14H9ClN4O3/c15-8-1-3-9(4-2-8)17-18-13-11-7-10(19(21)22)5-6-12(11)16-14(13)20/h1-7,16,20H. The Balaban J connectivity index is 2.05. The van der Waals surface area contributed by atoms with Gasteiger partial charge in [0.2, 0.25) is 5.88 Å². The Labute approximate surface area is 129 Å². The van der Waals surface area contributed by atoms with Gasteiger partial charge in [0.15, 0.2) is 5.69 Å². The first-order valence-electron chi connectivity index (χ1n) is 6.21. The molecule has 0 bridgehead atoms. The number of halogens is 1. The average Bonchev–Trinajstić information content (AvgIpc) is 2.81. The molecule has 0 unspecified atom stereocenters. The van der Waals surface area contributed by atoms with Crippen molar-refractivity contribution in [2.45, 2.75) is 0 Å². The summed E-state index contributed by atoms with van der Waals surface area (Å²) < 4.78 is 0. The molecule has 0 saturated heterocycles. The molecule has 0 amide bonds. The highest BCUT2D eigenvalue weighted by molar-refractivity contribution is 6.30. The fourth-order valence-electron chi connectivity index (χ4n) is 1.98. The van der Waals surface area contributed by atoms with Crippen LogP contribution in [0, 0.1) is 10.1 Å². The van der Waals surface area contributed by atoms with Gasteiger partial charge < -0.3 is 10.1 Å².